The van der Waals surface area contributed by atoms with Crippen molar-refractivity contribution in [3.63, 3.8) is 0 Å². The fourth-order valence-electron chi connectivity index (χ4n) is 3.71. The predicted octanol–water partition coefficient (Wildman–Crippen LogP) is 4.02. The van der Waals surface area contributed by atoms with Crippen LogP contribution in [0.25, 0.3) is 0 Å². The minimum atomic E-state index is -0.842. The number of para-hydroxylation sites is 1. The summed E-state index contributed by atoms with van der Waals surface area (Å²) in [7, 11) is 0. The van der Waals surface area contributed by atoms with E-state index in [1.54, 1.807) is 36.4 Å². The molecule has 1 amide bonds. The number of benzene rings is 2. The Balaban J connectivity index is 1.68. The average Bonchev–Trinajstić information content (AvgIpc) is 3.18. The van der Waals surface area contributed by atoms with Gasteiger partial charge in [0.25, 0.3) is 5.91 Å². The lowest BCUT2D eigenvalue weighted by Crippen LogP contribution is -2.36. The first kappa shape index (κ1) is 19.7. The molecule has 2 aromatic rings. The Morgan fingerprint density at radius 1 is 1.04 bits per heavy atom. The van der Waals surface area contributed by atoms with Gasteiger partial charge in [0.15, 0.2) is 12.4 Å². The number of hydrogen-bond acceptors (Lipinski definition) is 4. The van der Waals surface area contributed by atoms with E-state index in [-0.39, 0.29) is 11.6 Å². The molecule has 0 heterocycles. The Bertz CT molecular complexity index is 886. The third-order valence-corrected chi connectivity index (χ3v) is 5.16. The molecule has 0 spiro atoms. The smallest absolute Gasteiger partial charge is 0.317 e. The number of anilines is 1. The van der Waals surface area contributed by atoms with Crippen LogP contribution < -0.4 is 5.32 Å². The lowest BCUT2D eigenvalue weighted by Gasteiger charge is -2.27. The number of nitrogens with one attached hydrogen (secondary N) is 1. The van der Waals surface area contributed by atoms with E-state index in [1.807, 2.05) is 0 Å². The van der Waals surface area contributed by atoms with Crippen molar-refractivity contribution in [2.45, 2.75) is 38.0 Å². The molecule has 0 saturated heterocycles. The molecule has 1 fully saturated rings. The van der Waals surface area contributed by atoms with E-state index in [0.29, 0.717) is 29.7 Å². The Kier molecular flexibility index (Phi) is 5.87. The van der Waals surface area contributed by atoms with Crippen molar-refractivity contribution >= 4 is 23.3 Å². The largest absolute Gasteiger partial charge is 0.455 e. The van der Waals surface area contributed by atoms with E-state index in [1.165, 1.54) is 19.1 Å². The second-order valence-corrected chi connectivity index (χ2v) is 7.02. The first-order valence-electron chi connectivity index (χ1n) is 9.25. The van der Waals surface area contributed by atoms with Gasteiger partial charge in [-0.1, -0.05) is 37.1 Å². The molecule has 3 rings (SSSR count). The van der Waals surface area contributed by atoms with E-state index in [0.717, 1.165) is 12.8 Å². The molecule has 146 valence electrons. The third kappa shape index (κ3) is 4.11. The molecule has 0 aromatic heterocycles. The topological polar surface area (TPSA) is 72.5 Å². The zero-order valence-corrected chi connectivity index (χ0v) is 15.7. The summed E-state index contributed by atoms with van der Waals surface area (Å²) in [6.45, 7) is 0.964. The second kappa shape index (κ2) is 8.33. The van der Waals surface area contributed by atoms with Gasteiger partial charge in [-0.25, -0.2) is 4.39 Å². The molecule has 0 atom stereocenters. The van der Waals surface area contributed by atoms with Gasteiger partial charge in [-0.15, -0.1) is 0 Å². The van der Waals surface area contributed by atoms with E-state index in [4.69, 9.17) is 4.74 Å². The van der Waals surface area contributed by atoms with Crippen molar-refractivity contribution in [2.75, 3.05) is 11.9 Å². The molecular weight excluding hydrogens is 361 g/mol. The number of esters is 1. The zero-order valence-electron chi connectivity index (χ0n) is 15.7. The Labute approximate surface area is 162 Å². The molecule has 2 aromatic carbocycles. The number of Topliss-reactive ketones (excluding diaryl/α,β-unsaturated/α-hetero) is 1. The highest BCUT2D eigenvalue weighted by Crippen LogP contribution is 2.42. The maximum absolute atomic E-state index is 13.3. The van der Waals surface area contributed by atoms with Crippen molar-refractivity contribution in [3.05, 3.63) is 65.5 Å². The molecule has 6 heteroatoms. The number of ketones is 1. The van der Waals surface area contributed by atoms with Crippen LogP contribution in [-0.2, 0) is 19.7 Å². The van der Waals surface area contributed by atoms with Gasteiger partial charge in [-0.05, 0) is 49.6 Å². The standard InChI is InChI=1S/C22H22FNO4/c1-15(25)18-6-2-3-7-19(18)24-20(26)14-28-21(27)22(12-4-5-13-22)16-8-10-17(23)11-9-16/h2-3,6-11H,4-5,12-14H2,1H3,(H,24,26). The van der Waals surface area contributed by atoms with Crippen molar-refractivity contribution in [1.29, 1.82) is 0 Å². The van der Waals surface area contributed by atoms with E-state index in [2.05, 4.69) is 5.32 Å². The molecule has 5 nitrogen and oxygen atoms in total. The minimum absolute atomic E-state index is 0.172. The van der Waals surface area contributed by atoms with Gasteiger partial charge in [0.05, 0.1) is 11.1 Å². The summed E-state index contributed by atoms with van der Waals surface area (Å²) < 4.78 is 18.6. The summed E-state index contributed by atoms with van der Waals surface area (Å²) >= 11 is 0. The maximum atomic E-state index is 13.3. The van der Waals surface area contributed by atoms with Gasteiger partial charge >= 0.3 is 5.97 Å². The number of carbonyl (C=O) groups excluding carboxylic acids is 3. The predicted molar refractivity (Wildman–Crippen MR) is 103 cm³/mol. The molecule has 0 radical (unpaired) electrons. The van der Waals surface area contributed by atoms with Gasteiger partial charge in [0.2, 0.25) is 0 Å². The van der Waals surface area contributed by atoms with Crippen LogP contribution in [0.15, 0.2) is 48.5 Å². The van der Waals surface area contributed by atoms with E-state index in [9.17, 15) is 18.8 Å². The summed E-state index contributed by atoms with van der Waals surface area (Å²) in [5.41, 5.74) is 0.635. The molecule has 0 unspecified atom stereocenters. The number of rotatable bonds is 6. The van der Waals surface area contributed by atoms with Crippen LogP contribution in [0.1, 0.15) is 48.5 Å². The van der Waals surface area contributed by atoms with Gasteiger partial charge in [-0.2, -0.15) is 0 Å². The first-order valence-corrected chi connectivity index (χ1v) is 9.25. The summed E-state index contributed by atoms with van der Waals surface area (Å²) in [6.07, 6.45) is 2.94. The fourth-order valence-corrected chi connectivity index (χ4v) is 3.71. The van der Waals surface area contributed by atoms with Gasteiger partial charge in [0, 0.05) is 5.56 Å². The normalized spacial score (nSPS) is 15.1. The highest BCUT2D eigenvalue weighted by Gasteiger charge is 2.44. The zero-order chi connectivity index (χ0) is 20.1. The minimum Gasteiger partial charge on any atom is -0.455 e. The quantitative estimate of drug-likeness (QED) is 0.604. The van der Waals surface area contributed by atoms with Crippen LogP contribution in [0.3, 0.4) is 0 Å². The summed E-state index contributed by atoms with van der Waals surface area (Å²) in [4.78, 5) is 36.7. The lowest BCUT2D eigenvalue weighted by molar-refractivity contribution is -0.153. The second-order valence-electron chi connectivity index (χ2n) is 7.02. The maximum Gasteiger partial charge on any atom is 0.317 e. The SMILES string of the molecule is CC(=O)c1ccccc1NC(=O)COC(=O)C1(c2ccc(F)cc2)CCCC1. The van der Waals surface area contributed by atoms with Gasteiger partial charge in [0.1, 0.15) is 5.82 Å². The first-order chi connectivity index (χ1) is 13.4. The Hall–Kier alpha value is -3.02. The van der Waals surface area contributed by atoms with Gasteiger partial charge < -0.3 is 10.1 Å². The Morgan fingerprint density at radius 3 is 2.32 bits per heavy atom. The third-order valence-electron chi connectivity index (χ3n) is 5.16. The summed E-state index contributed by atoms with van der Waals surface area (Å²) in [5.74, 6) is -1.54. The van der Waals surface area contributed by atoms with Crippen LogP contribution in [-0.4, -0.2) is 24.3 Å². The van der Waals surface area contributed by atoms with Crippen LogP contribution in [0.4, 0.5) is 10.1 Å². The van der Waals surface area contributed by atoms with Crippen molar-refractivity contribution in [1.82, 2.24) is 0 Å². The van der Waals surface area contributed by atoms with Crippen LogP contribution in [0.5, 0.6) is 0 Å². The van der Waals surface area contributed by atoms with Crippen LogP contribution >= 0.6 is 0 Å². The molecule has 1 aliphatic rings. The molecular formula is C22H22FNO4. The highest BCUT2D eigenvalue weighted by molar-refractivity contribution is 6.04. The van der Waals surface area contributed by atoms with Crippen LogP contribution in [0.2, 0.25) is 0 Å². The Morgan fingerprint density at radius 2 is 1.68 bits per heavy atom. The van der Waals surface area contributed by atoms with Crippen molar-refractivity contribution in [3.8, 4) is 0 Å². The molecule has 1 saturated carbocycles. The summed E-state index contributed by atoms with van der Waals surface area (Å²) in [5, 5.41) is 2.61. The molecule has 0 aliphatic heterocycles. The number of carbonyl (C=O) groups is 3. The number of halogens is 1. The summed E-state index contributed by atoms with van der Waals surface area (Å²) in [6, 6.07) is 12.5. The highest BCUT2D eigenvalue weighted by atomic mass is 19.1. The van der Waals surface area contributed by atoms with Crippen LogP contribution in [0, 0.1) is 5.82 Å². The fraction of sp³-hybridized carbons (Fsp3) is 0.318. The lowest BCUT2D eigenvalue weighted by atomic mass is 9.79. The average molecular weight is 383 g/mol. The number of amides is 1. The molecule has 1 N–H and O–H groups in total. The molecule has 28 heavy (non-hydrogen) atoms. The number of ether oxygens (including phenoxy) is 1. The number of hydrogen-bond donors (Lipinski definition) is 1. The van der Waals surface area contributed by atoms with Crippen molar-refractivity contribution in [2.24, 2.45) is 0 Å². The monoisotopic (exact) mass is 383 g/mol. The van der Waals surface area contributed by atoms with Crippen molar-refractivity contribution < 1.29 is 23.5 Å². The van der Waals surface area contributed by atoms with E-state index < -0.39 is 23.9 Å². The van der Waals surface area contributed by atoms with Gasteiger partial charge in [-0.3, -0.25) is 14.4 Å². The molecule has 0 bridgehead atoms. The van der Waals surface area contributed by atoms with E-state index >= 15 is 0 Å². The molecule has 1 aliphatic carbocycles.